The van der Waals surface area contributed by atoms with Crippen molar-refractivity contribution in [1.29, 1.82) is 0 Å². The van der Waals surface area contributed by atoms with Crippen LogP contribution >= 0.6 is 15.9 Å². The Morgan fingerprint density at radius 1 is 1.26 bits per heavy atom. The average Bonchev–Trinajstić information content (AvgIpc) is 2.64. The second-order valence-electron chi connectivity index (χ2n) is 5.90. The van der Waals surface area contributed by atoms with Gasteiger partial charge >= 0.3 is 0 Å². The third-order valence-corrected chi connectivity index (χ3v) is 4.42. The molecule has 0 spiro atoms. The van der Waals surface area contributed by atoms with Crippen molar-refractivity contribution in [2.45, 2.75) is 0 Å². The normalized spacial score (nSPS) is 11.0. The average molecular weight is 436 g/mol. The summed E-state index contributed by atoms with van der Waals surface area (Å²) in [5, 5.41) is 13.6. The zero-order valence-electron chi connectivity index (χ0n) is 15.4. The van der Waals surface area contributed by atoms with E-state index in [2.05, 4.69) is 26.5 Å². The maximum atomic E-state index is 12.2. The predicted octanol–water partition coefficient (Wildman–Crippen LogP) is 2.87. The molecule has 0 aliphatic carbocycles. The van der Waals surface area contributed by atoms with Gasteiger partial charge in [-0.25, -0.2) is 5.43 Å². The van der Waals surface area contributed by atoms with Gasteiger partial charge in [-0.3, -0.25) is 4.79 Å². The van der Waals surface area contributed by atoms with Crippen LogP contribution in [0.2, 0.25) is 0 Å². The second-order valence-corrected chi connectivity index (χ2v) is 6.69. The lowest BCUT2D eigenvalue weighted by Gasteiger charge is -2.11. The molecule has 0 saturated heterocycles. The molecule has 0 radical (unpaired) electrons. The van der Waals surface area contributed by atoms with Crippen molar-refractivity contribution in [3.05, 3.63) is 52.0 Å². The number of hydrogen-bond donors (Lipinski definition) is 2. The summed E-state index contributed by atoms with van der Waals surface area (Å²) in [6, 6.07) is 9.98. The number of nitrogens with one attached hydrogen (secondary N) is 1. The van der Waals surface area contributed by atoms with E-state index in [-0.39, 0.29) is 11.7 Å². The number of phenols is 1. The molecule has 8 heteroatoms. The highest BCUT2D eigenvalue weighted by Crippen LogP contribution is 2.35. The second kappa shape index (κ2) is 9.94. The highest BCUT2D eigenvalue weighted by molar-refractivity contribution is 9.10. The Morgan fingerprint density at radius 3 is 2.59 bits per heavy atom. The quantitative estimate of drug-likeness (QED) is 0.491. The van der Waals surface area contributed by atoms with Gasteiger partial charge in [0.2, 0.25) is 0 Å². The summed E-state index contributed by atoms with van der Waals surface area (Å²) in [5.41, 5.74) is 3.58. The largest absolute Gasteiger partial charge is 0.504 e. The minimum absolute atomic E-state index is 0.0125. The summed E-state index contributed by atoms with van der Waals surface area (Å²) in [6.45, 7) is 1.39. The van der Waals surface area contributed by atoms with Crippen molar-refractivity contribution in [2.24, 2.45) is 5.10 Å². The molecule has 0 atom stereocenters. The minimum Gasteiger partial charge on any atom is -0.504 e. The Hall–Kier alpha value is -2.58. The number of methoxy groups -OCH3 is 1. The van der Waals surface area contributed by atoms with E-state index in [4.69, 9.17) is 9.47 Å². The lowest BCUT2D eigenvalue weighted by Crippen LogP contribution is -2.19. The molecule has 0 aromatic heterocycles. The van der Waals surface area contributed by atoms with Gasteiger partial charge in [0.05, 0.1) is 17.8 Å². The van der Waals surface area contributed by atoms with Gasteiger partial charge in [0.25, 0.3) is 5.91 Å². The van der Waals surface area contributed by atoms with Crippen molar-refractivity contribution >= 4 is 28.1 Å². The molecule has 0 saturated carbocycles. The summed E-state index contributed by atoms with van der Waals surface area (Å²) in [7, 11) is 5.41. The van der Waals surface area contributed by atoms with E-state index in [1.807, 2.05) is 19.0 Å². The van der Waals surface area contributed by atoms with Gasteiger partial charge in [-0.15, -0.1) is 0 Å². The first-order chi connectivity index (χ1) is 12.9. The number of rotatable bonds is 8. The molecular weight excluding hydrogens is 414 g/mol. The first-order valence-electron chi connectivity index (χ1n) is 8.19. The number of benzene rings is 2. The number of ether oxygens (including phenoxy) is 2. The van der Waals surface area contributed by atoms with Gasteiger partial charge in [0, 0.05) is 17.7 Å². The molecule has 0 unspecified atom stereocenters. The zero-order valence-corrected chi connectivity index (χ0v) is 17.0. The Balaban J connectivity index is 1.95. The van der Waals surface area contributed by atoms with Gasteiger partial charge in [-0.2, -0.15) is 5.10 Å². The van der Waals surface area contributed by atoms with Crippen LogP contribution in [0.1, 0.15) is 15.9 Å². The monoisotopic (exact) mass is 435 g/mol. The Kier molecular flexibility index (Phi) is 7.63. The third kappa shape index (κ3) is 5.97. The van der Waals surface area contributed by atoms with Crippen molar-refractivity contribution in [2.75, 3.05) is 34.4 Å². The smallest absolute Gasteiger partial charge is 0.271 e. The molecule has 7 nitrogen and oxygen atoms in total. The van der Waals surface area contributed by atoms with Crippen LogP contribution in [-0.2, 0) is 0 Å². The van der Waals surface area contributed by atoms with Crippen molar-refractivity contribution in [1.82, 2.24) is 10.3 Å². The topological polar surface area (TPSA) is 83.4 Å². The van der Waals surface area contributed by atoms with Crippen molar-refractivity contribution < 1.29 is 19.4 Å². The van der Waals surface area contributed by atoms with E-state index in [1.165, 1.54) is 19.4 Å². The molecule has 1 amide bonds. The van der Waals surface area contributed by atoms with Crippen LogP contribution in [0.4, 0.5) is 0 Å². The SMILES string of the molecule is COc1c(O)ccc(/C=N/NC(=O)c2ccc(OCCN(C)C)cc2)c1Br. The molecule has 0 fully saturated rings. The predicted molar refractivity (Wildman–Crippen MR) is 108 cm³/mol. The summed E-state index contributed by atoms with van der Waals surface area (Å²) in [6.07, 6.45) is 1.46. The highest BCUT2D eigenvalue weighted by atomic mass is 79.9. The van der Waals surface area contributed by atoms with Crippen LogP contribution in [0.5, 0.6) is 17.2 Å². The Labute approximate surface area is 166 Å². The van der Waals surface area contributed by atoms with E-state index < -0.39 is 0 Å². The fraction of sp³-hybridized carbons (Fsp3) is 0.263. The summed E-state index contributed by atoms with van der Waals surface area (Å²) in [4.78, 5) is 14.2. The lowest BCUT2D eigenvalue weighted by atomic mass is 10.2. The van der Waals surface area contributed by atoms with E-state index in [1.54, 1.807) is 30.3 Å². The van der Waals surface area contributed by atoms with Crippen LogP contribution in [0.25, 0.3) is 0 Å². The number of hydrazone groups is 1. The number of likely N-dealkylation sites (N-methyl/N-ethyl adjacent to an activating group) is 1. The summed E-state index contributed by atoms with van der Waals surface area (Å²) < 4.78 is 11.2. The lowest BCUT2D eigenvalue weighted by molar-refractivity contribution is 0.0955. The van der Waals surface area contributed by atoms with Crippen LogP contribution in [0, 0.1) is 0 Å². The molecule has 0 bridgehead atoms. The van der Waals surface area contributed by atoms with E-state index in [0.717, 1.165) is 6.54 Å². The number of aromatic hydroxyl groups is 1. The maximum Gasteiger partial charge on any atom is 0.271 e. The fourth-order valence-corrected chi connectivity index (χ4v) is 2.73. The number of amides is 1. The Morgan fingerprint density at radius 2 is 1.96 bits per heavy atom. The van der Waals surface area contributed by atoms with Crippen molar-refractivity contribution in [3.63, 3.8) is 0 Å². The van der Waals surface area contributed by atoms with Gasteiger partial charge in [0.15, 0.2) is 11.5 Å². The van der Waals surface area contributed by atoms with Crippen molar-refractivity contribution in [3.8, 4) is 17.2 Å². The number of carbonyl (C=O) groups is 1. The molecule has 2 N–H and O–H groups in total. The first-order valence-corrected chi connectivity index (χ1v) is 8.98. The molecule has 27 heavy (non-hydrogen) atoms. The molecule has 0 heterocycles. The van der Waals surface area contributed by atoms with Gasteiger partial charge < -0.3 is 19.5 Å². The number of nitrogens with zero attached hydrogens (tertiary/aromatic N) is 2. The number of phenolic OH excluding ortho intramolecular Hbond substituents is 1. The minimum atomic E-state index is -0.340. The first kappa shape index (κ1) is 20.7. The maximum absolute atomic E-state index is 12.2. The molecule has 2 aromatic carbocycles. The zero-order chi connectivity index (χ0) is 19.8. The number of halogens is 1. The van der Waals surface area contributed by atoms with Crippen LogP contribution in [0.3, 0.4) is 0 Å². The van der Waals surface area contributed by atoms with E-state index >= 15 is 0 Å². The van der Waals surface area contributed by atoms with Crippen LogP contribution in [-0.4, -0.2) is 56.5 Å². The van der Waals surface area contributed by atoms with Gasteiger partial charge in [-0.1, -0.05) is 0 Å². The van der Waals surface area contributed by atoms with Crippen LogP contribution in [0.15, 0.2) is 46.0 Å². The van der Waals surface area contributed by atoms with Gasteiger partial charge in [-0.05, 0) is 66.4 Å². The molecule has 0 aliphatic heterocycles. The molecule has 144 valence electrons. The number of carbonyl (C=O) groups excluding carboxylic acids is 1. The molecule has 2 rings (SSSR count). The summed E-state index contributed by atoms with van der Waals surface area (Å²) >= 11 is 3.34. The molecule has 0 aliphatic rings. The molecule has 2 aromatic rings. The third-order valence-electron chi connectivity index (χ3n) is 3.60. The summed E-state index contributed by atoms with van der Waals surface area (Å²) in [5.74, 6) is 0.679. The van der Waals surface area contributed by atoms with Crippen LogP contribution < -0.4 is 14.9 Å². The number of hydrogen-bond acceptors (Lipinski definition) is 6. The fourth-order valence-electron chi connectivity index (χ4n) is 2.13. The Bertz CT molecular complexity index is 807. The standard InChI is InChI=1S/C19H22BrN3O4/c1-23(2)10-11-27-15-7-4-13(5-8-15)19(25)22-21-12-14-6-9-16(24)18(26-3)17(14)20/h4-9,12,24H,10-11H2,1-3H3,(H,22,25)/b21-12+. The molecular formula is C19H22BrN3O4. The van der Waals surface area contributed by atoms with Gasteiger partial charge in [0.1, 0.15) is 12.4 Å². The van der Waals surface area contributed by atoms with E-state index in [9.17, 15) is 9.90 Å². The van der Waals surface area contributed by atoms with E-state index in [0.29, 0.717) is 33.7 Å². The highest BCUT2D eigenvalue weighted by Gasteiger charge is 2.10.